The number of unbranched alkanes of at least 4 members (excludes halogenated alkanes) is 3. The van der Waals surface area contributed by atoms with E-state index >= 15 is 0 Å². The van der Waals surface area contributed by atoms with E-state index in [-0.39, 0.29) is 12.6 Å². The third kappa shape index (κ3) is 7.59. The van der Waals surface area contributed by atoms with E-state index in [2.05, 4.69) is 5.32 Å². The molecule has 0 saturated carbocycles. The van der Waals surface area contributed by atoms with Crippen LogP contribution in [0.5, 0.6) is 0 Å². The molecule has 0 saturated heterocycles. The Bertz CT molecular complexity index is 138. The molecule has 0 fully saturated rings. The summed E-state index contributed by atoms with van der Waals surface area (Å²) in [5.74, 6) is 0. The summed E-state index contributed by atoms with van der Waals surface area (Å²) in [4.78, 5) is 12.5. The number of amides is 2. The Morgan fingerprint density at radius 3 is 2.38 bits per heavy atom. The molecule has 78 valence electrons. The second-order valence-corrected chi connectivity index (χ2v) is 3.26. The van der Waals surface area contributed by atoms with E-state index in [9.17, 15) is 4.79 Å². The summed E-state index contributed by atoms with van der Waals surface area (Å²) in [6, 6.07) is -0.0397. The summed E-state index contributed by atoms with van der Waals surface area (Å²) in [6.07, 6.45) is 3.95. The highest BCUT2D eigenvalue weighted by Crippen LogP contribution is 1.97. The van der Waals surface area contributed by atoms with Crippen molar-refractivity contribution in [2.75, 3.05) is 27.2 Å². The minimum Gasteiger partial charge on any atom is -0.396 e. The van der Waals surface area contributed by atoms with Crippen LogP contribution in [0, 0.1) is 0 Å². The van der Waals surface area contributed by atoms with Crippen molar-refractivity contribution in [1.82, 2.24) is 10.2 Å². The average Bonchev–Trinajstić information content (AvgIpc) is 2.10. The number of nitrogens with zero attached hydrogens (tertiary/aromatic N) is 1. The van der Waals surface area contributed by atoms with Crippen molar-refractivity contribution in [2.45, 2.75) is 25.7 Å². The summed E-state index contributed by atoms with van der Waals surface area (Å²) in [5, 5.41) is 11.3. The number of nitrogens with one attached hydrogen (secondary N) is 1. The molecule has 0 atom stereocenters. The van der Waals surface area contributed by atoms with Gasteiger partial charge in [0.05, 0.1) is 0 Å². The molecule has 0 bridgehead atoms. The first-order chi connectivity index (χ1) is 6.18. The zero-order valence-electron chi connectivity index (χ0n) is 8.55. The molecular formula is C9H20N2O2. The molecule has 0 aliphatic rings. The number of rotatable bonds is 6. The lowest BCUT2D eigenvalue weighted by atomic mass is 10.2. The van der Waals surface area contributed by atoms with Crippen LogP contribution in [0.15, 0.2) is 0 Å². The molecule has 0 aromatic rings. The quantitative estimate of drug-likeness (QED) is 0.606. The van der Waals surface area contributed by atoms with Gasteiger partial charge in [-0.05, 0) is 12.8 Å². The Morgan fingerprint density at radius 2 is 1.85 bits per heavy atom. The zero-order chi connectivity index (χ0) is 10.1. The maximum atomic E-state index is 11.0. The van der Waals surface area contributed by atoms with Gasteiger partial charge >= 0.3 is 6.03 Å². The molecule has 0 heterocycles. The summed E-state index contributed by atoms with van der Waals surface area (Å²) in [5.41, 5.74) is 0. The van der Waals surface area contributed by atoms with Gasteiger partial charge in [-0.1, -0.05) is 12.8 Å². The Kier molecular flexibility index (Phi) is 7.39. The van der Waals surface area contributed by atoms with Crippen molar-refractivity contribution in [3.8, 4) is 0 Å². The molecule has 0 radical (unpaired) electrons. The van der Waals surface area contributed by atoms with Crippen LogP contribution >= 0.6 is 0 Å². The highest BCUT2D eigenvalue weighted by molar-refractivity contribution is 5.73. The van der Waals surface area contributed by atoms with Crippen molar-refractivity contribution < 1.29 is 9.90 Å². The van der Waals surface area contributed by atoms with Crippen LogP contribution in [0.4, 0.5) is 4.79 Å². The molecule has 4 heteroatoms. The predicted octanol–water partition coefficient (Wildman–Crippen LogP) is 0.810. The first-order valence-corrected chi connectivity index (χ1v) is 4.74. The van der Waals surface area contributed by atoms with E-state index in [0.29, 0.717) is 0 Å². The minimum atomic E-state index is -0.0397. The van der Waals surface area contributed by atoms with Gasteiger partial charge in [-0.25, -0.2) is 4.79 Å². The molecule has 0 rings (SSSR count). The molecule has 0 aliphatic heterocycles. The molecule has 4 nitrogen and oxygen atoms in total. The van der Waals surface area contributed by atoms with E-state index in [0.717, 1.165) is 32.2 Å². The maximum absolute atomic E-state index is 11.0. The fourth-order valence-corrected chi connectivity index (χ4v) is 0.944. The molecule has 2 amide bonds. The maximum Gasteiger partial charge on any atom is 0.316 e. The Balaban J connectivity index is 3.12. The molecule has 0 spiro atoms. The highest BCUT2D eigenvalue weighted by atomic mass is 16.2. The fourth-order valence-electron chi connectivity index (χ4n) is 0.944. The molecule has 2 N–H and O–H groups in total. The van der Waals surface area contributed by atoms with Crippen LogP contribution < -0.4 is 5.32 Å². The standard InChI is InChI=1S/C9H20N2O2/c1-11(2)9(13)10-7-5-3-4-6-8-12/h12H,3-8H2,1-2H3,(H,10,13). The topological polar surface area (TPSA) is 52.6 Å². The number of aliphatic hydroxyl groups is 1. The first-order valence-electron chi connectivity index (χ1n) is 4.74. The van der Waals surface area contributed by atoms with E-state index in [1.54, 1.807) is 14.1 Å². The smallest absolute Gasteiger partial charge is 0.316 e. The van der Waals surface area contributed by atoms with E-state index in [1.807, 2.05) is 0 Å². The van der Waals surface area contributed by atoms with Gasteiger partial charge in [-0.15, -0.1) is 0 Å². The van der Waals surface area contributed by atoms with Crippen LogP contribution in [-0.2, 0) is 0 Å². The van der Waals surface area contributed by atoms with E-state index in [4.69, 9.17) is 5.11 Å². The Morgan fingerprint density at radius 1 is 1.23 bits per heavy atom. The zero-order valence-corrected chi connectivity index (χ0v) is 8.55. The van der Waals surface area contributed by atoms with Crippen molar-refractivity contribution in [2.24, 2.45) is 0 Å². The van der Waals surface area contributed by atoms with Crippen LogP contribution in [0.3, 0.4) is 0 Å². The van der Waals surface area contributed by atoms with Crippen LogP contribution in [0.1, 0.15) is 25.7 Å². The fraction of sp³-hybridized carbons (Fsp3) is 0.889. The Hall–Kier alpha value is -0.770. The van der Waals surface area contributed by atoms with Crippen molar-refractivity contribution in [1.29, 1.82) is 0 Å². The van der Waals surface area contributed by atoms with Crippen LogP contribution in [0.25, 0.3) is 0 Å². The summed E-state index contributed by atoms with van der Waals surface area (Å²) in [6.45, 7) is 0.993. The number of carbonyl (C=O) groups is 1. The normalized spacial score (nSPS) is 9.77. The number of hydrogen-bond acceptors (Lipinski definition) is 2. The van der Waals surface area contributed by atoms with Crippen LogP contribution in [-0.4, -0.2) is 43.3 Å². The van der Waals surface area contributed by atoms with Crippen molar-refractivity contribution >= 4 is 6.03 Å². The SMILES string of the molecule is CN(C)C(=O)NCCCCCCO. The molecule has 13 heavy (non-hydrogen) atoms. The van der Waals surface area contributed by atoms with E-state index in [1.165, 1.54) is 4.90 Å². The molecule has 0 unspecified atom stereocenters. The molecule has 0 aliphatic carbocycles. The van der Waals surface area contributed by atoms with Gasteiger partial charge in [0, 0.05) is 27.2 Å². The van der Waals surface area contributed by atoms with Gasteiger partial charge in [-0.3, -0.25) is 0 Å². The second kappa shape index (κ2) is 7.86. The molecular weight excluding hydrogens is 168 g/mol. The Labute approximate surface area is 79.9 Å². The number of hydrogen-bond donors (Lipinski definition) is 2. The van der Waals surface area contributed by atoms with E-state index < -0.39 is 0 Å². The van der Waals surface area contributed by atoms with Crippen LogP contribution in [0.2, 0.25) is 0 Å². The van der Waals surface area contributed by atoms with Gasteiger partial charge in [-0.2, -0.15) is 0 Å². The number of urea groups is 1. The lowest BCUT2D eigenvalue weighted by Gasteiger charge is -2.11. The highest BCUT2D eigenvalue weighted by Gasteiger charge is 1.99. The lowest BCUT2D eigenvalue weighted by Crippen LogP contribution is -2.34. The van der Waals surface area contributed by atoms with Gasteiger partial charge in [0.15, 0.2) is 0 Å². The monoisotopic (exact) mass is 188 g/mol. The number of aliphatic hydroxyl groups excluding tert-OH is 1. The van der Waals surface area contributed by atoms with Crippen molar-refractivity contribution in [3.05, 3.63) is 0 Å². The van der Waals surface area contributed by atoms with Gasteiger partial charge in [0.2, 0.25) is 0 Å². The second-order valence-electron chi connectivity index (χ2n) is 3.26. The largest absolute Gasteiger partial charge is 0.396 e. The van der Waals surface area contributed by atoms with Gasteiger partial charge in [0.1, 0.15) is 0 Å². The summed E-state index contributed by atoms with van der Waals surface area (Å²) < 4.78 is 0. The van der Waals surface area contributed by atoms with Gasteiger partial charge < -0.3 is 15.3 Å². The minimum absolute atomic E-state index is 0.0397. The van der Waals surface area contributed by atoms with Gasteiger partial charge in [0.25, 0.3) is 0 Å². The first kappa shape index (κ1) is 12.2. The summed E-state index contributed by atoms with van der Waals surface area (Å²) >= 11 is 0. The predicted molar refractivity (Wildman–Crippen MR) is 52.6 cm³/mol. The molecule has 0 aromatic carbocycles. The lowest BCUT2D eigenvalue weighted by molar-refractivity contribution is 0.217. The summed E-state index contributed by atoms with van der Waals surface area (Å²) in [7, 11) is 3.45. The third-order valence-electron chi connectivity index (χ3n) is 1.77. The average molecular weight is 188 g/mol. The van der Waals surface area contributed by atoms with Crippen molar-refractivity contribution in [3.63, 3.8) is 0 Å². The third-order valence-corrected chi connectivity index (χ3v) is 1.77. The number of carbonyl (C=O) groups excluding carboxylic acids is 1. The molecule has 0 aromatic heterocycles.